The lowest BCUT2D eigenvalue weighted by Crippen LogP contribution is -2.45. The number of morpholine rings is 1. The van der Waals surface area contributed by atoms with Gasteiger partial charge in [-0.3, -0.25) is 4.90 Å². The number of aliphatic hydroxyl groups is 1. The van der Waals surface area contributed by atoms with Crippen molar-refractivity contribution >= 4 is 0 Å². The molecule has 0 aromatic carbocycles. The summed E-state index contributed by atoms with van der Waals surface area (Å²) in [6, 6.07) is 0. The van der Waals surface area contributed by atoms with Crippen LogP contribution in [0.2, 0.25) is 0 Å². The number of aromatic nitrogens is 2. The van der Waals surface area contributed by atoms with Gasteiger partial charge in [0.05, 0.1) is 12.2 Å². The number of ether oxygens (including phenoxy) is 1. The van der Waals surface area contributed by atoms with Gasteiger partial charge in [-0.25, -0.2) is 0 Å². The van der Waals surface area contributed by atoms with Crippen LogP contribution in [0.1, 0.15) is 31.7 Å². The maximum absolute atomic E-state index is 9.80. The predicted molar refractivity (Wildman–Crippen MR) is 60.5 cm³/mol. The van der Waals surface area contributed by atoms with Crippen LogP contribution in [0.15, 0.2) is 4.52 Å². The van der Waals surface area contributed by atoms with Crippen LogP contribution >= 0.6 is 0 Å². The van der Waals surface area contributed by atoms with Crippen molar-refractivity contribution in [1.29, 1.82) is 0 Å². The molecule has 1 aromatic rings. The van der Waals surface area contributed by atoms with E-state index >= 15 is 0 Å². The highest BCUT2D eigenvalue weighted by atomic mass is 16.5. The van der Waals surface area contributed by atoms with Gasteiger partial charge in [-0.1, -0.05) is 5.16 Å². The molecule has 1 saturated heterocycles. The lowest BCUT2D eigenvalue weighted by atomic mass is 10.1. The second-order valence-electron chi connectivity index (χ2n) is 5.08. The molecule has 1 aliphatic rings. The highest BCUT2D eigenvalue weighted by molar-refractivity contribution is 4.93. The minimum absolute atomic E-state index is 0.163. The van der Waals surface area contributed by atoms with Gasteiger partial charge in [-0.2, -0.15) is 4.98 Å². The number of rotatable bonds is 3. The highest BCUT2D eigenvalue weighted by Gasteiger charge is 2.28. The molecule has 1 atom stereocenters. The standard InChI is InChI=1S/C11H19N3O3/c1-8-12-10(13-17-8)9-6-14(4-5-16-9)7-11(2,3)15/h9,15H,4-7H2,1-3H3. The Balaban J connectivity index is 1.97. The van der Waals surface area contributed by atoms with Crippen LogP contribution in [0.25, 0.3) is 0 Å². The van der Waals surface area contributed by atoms with Crippen LogP contribution in [0.5, 0.6) is 0 Å². The molecule has 0 radical (unpaired) electrons. The zero-order chi connectivity index (χ0) is 12.5. The lowest BCUT2D eigenvalue weighted by molar-refractivity contribution is -0.0600. The summed E-state index contributed by atoms with van der Waals surface area (Å²) in [6.07, 6.45) is -0.163. The molecule has 2 rings (SSSR count). The van der Waals surface area contributed by atoms with E-state index in [1.54, 1.807) is 20.8 Å². The van der Waals surface area contributed by atoms with E-state index in [0.29, 0.717) is 31.4 Å². The normalized spacial score (nSPS) is 22.9. The Morgan fingerprint density at radius 2 is 2.29 bits per heavy atom. The van der Waals surface area contributed by atoms with Gasteiger partial charge in [0, 0.05) is 26.6 Å². The average molecular weight is 241 g/mol. The topological polar surface area (TPSA) is 71.6 Å². The molecule has 0 spiro atoms. The van der Waals surface area contributed by atoms with E-state index in [1.807, 2.05) is 0 Å². The van der Waals surface area contributed by atoms with Crippen molar-refractivity contribution in [2.24, 2.45) is 0 Å². The summed E-state index contributed by atoms with van der Waals surface area (Å²) in [5.74, 6) is 1.13. The molecule has 17 heavy (non-hydrogen) atoms. The van der Waals surface area contributed by atoms with Gasteiger partial charge in [0.25, 0.3) is 0 Å². The Morgan fingerprint density at radius 3 is 2.88 bits per heavy atom. The highest BCUT2D eigenvalue weighted by Crippen LogP contribution is 2.20. The summed E-state index contributed by atoms with van der Waals surface area (Å²) in [4.78, 5) is 6.33. The fraction of sp³-hybridized carbons (Fsp3) is 0.818. The van der Waals surface area contributed by atoms with E-state index in [4.69, 9.17) is 9.26 Å². The van der Waals surface area contributed by atoms with Crippen molar-refractivity contribution in [2.75, 3.05) is 26.2 Å². The first-order valence-corrected chi connectivity index (χ1v) is 5.80. The molecule has 1 aliphatic heterocycles. The second kappa shape index (κ2) is 4.72. The van der Waals surface area contributed by atoms with Crippen molar-refractivity contribution < 1.29 is 14.4 Å². The van der Waals surface area contributed by atoms with Crippen LogP contribution in [0, 0.1) is 6.92 Å². The SMILES string of the molecule is Cc1nc(C2CN(CC(C)(C)O)CCO2)no1. The van der Waals surface area contributed by atoms with E-state index in [1.165, 1.54) is 0 Å². The molecule has 1 unspecified atom stereocenters. The van der Waals surface area contributed by atoms with Crippen LogP contribution in [0.3, 0.4) is 0 Å². The summed E-state index contributed by atoms with van der Waals surface area (Å²) in [5, 5.41) is 13.7. The fourth-order valence-corrected chi connectivity index (χ4v) is 2.00. The van der Waals surface area contributed by atoms with Crippen molar-refractivity contribution in [1.82, 2.24) is 15.0 Å². The van der Waals surface area contributed by atoms with Crippen LogP contribution < -0.4 is 0 Å². The summed E-state index contributed by atoms with van der Waals surface area (Å²) in [7, 11) is 0. The van der Waals surface area contributed by atoms with Gasteiger partial charge >= 0.3 is 0 Å². The molecule has 0 aliphatic carbocycles. The Morgan fingerprint density at radius 1 is 1.53 bits per heavy atom. The van der Waals surface area contributed by atoms with Crippen molar-refractivity contribution in [3.8, 4) is 0 Å². The van der Waals surface area contributed by atoms with E-state index in [2.05, 4.69) is 15.0 Å². The number of hydrogen-bond acceptors (Lipinski definition) is 6. The first-order chi connectivity index (χ1) is 7.94. The summed E-state index contributed by atoms with van der Waals surface area (Å²) in [6.45, 7) is 8.10. The minimum Gasteiger partial charge on any atom is -0.389 e. The number of nitrogens with zero attached hydrogens (tertiary/aromatic N) is 3. The lowest BCUT2D eigenvalue weighted by Gasteiger charge is -2.34. The number of aryl methyl sites for hydroxylation is 1. The van der Waals surface area contributed by atoms with Gasteiger partial charge in [0.15, 0.2) is 0 Å². The Labute approximate surface area is 101 Å². The van der Waals surface area contributed by atoms with Crippen LogP contribution in [0.4, 0.5) is 0 Å². The zero-order valence-corrected chi connectivity index (χ0v) is 10.5. The average Bonchev–Trinajstić information content (AvgIpc) is 2.63. The van der Waals surface area contributed by atoms with Crippen molar-refractivity contribution in [2.45, 2.75) is 32.5 Å². The largest absolute Gasteiger partial charge is 0.389 e. The third-order valence-corrected chi connectivity index (χ3v) is 2.59. The quantitative estimate of drug-likeness (QED) is 0.832. The maximum atomic E-state index is 9.80. The molecule has 1 N–H and O–H groups in total. The number of β-amino-alcohol motifs (C(OH)–C–C–N with tert-alkyl or cyclic N) is 1. The fourth-order valence-electron chi connectivity index (χ4n) is 2.00. The molecule has 0 bridgehead atoms. The molecule has 2 heterocycles. The van der Waals surface area contributed by atoms with E-state index in [9.17, 15) is 5.11 Å². The van der Waals surface area contributed by atoms with Gasteiger partial charge in [-0.15, -0.1) is 0 Å². The van der Waals surface area contributed by atoms with Gasteiger partial charge in [0.2, 0.25) is 11.7 Å². The molecule has 0 saturated carbocycles. The Bertz CT molecular complexity index is 372. The second-order valence-corrected chi connectivity index (χ2v) is 5.08. The minimum atomic E-state index is -0.699. The molecule has 6 nitrogen and oxygen atoms in total. The van der Waals surface area contributed by atoms with Gasteiger partial charge in [0.1, 0.15) is 6.10 Å². The zero-order valence-electron chi connectivity index (χ0n) is 10.5. The first kappa shape index (κ1) is 12.5. The van der Waals surface area contributed by atoms with E-state index in [-0.39, 0.29) is 6.10 Å². The van der Waals surface area contributed by atoms with Gasteiger partial charge < -0.3 is 14.4 Å². The monoisotopic (exact) mass is 241 g/mol. The molecule has 96 valence electrons. The van der Waals surface area contributed by atoms with Gasteiger partial charge in [-0.05, 0) is 13.8 Å². The smallest absolute Gasteiger partial charge is 0.223 e. The maximum Gasteiger partial charge on any atom is 0.223 e. The molecule has 1 aromatic heterocycles. The molecular weight excluding hydrogens is 222 g/mol. The molecule has 1 fully saturated rings. The Hall–Kier alpha value is -0.980. The summed E-state index contributed by atoms with van der Waals surface area (Å²) in [5.41, 5.74) is -0.699. The van der Waals surface area contributed by atoms with E-state index in [0.717, 1.165) is 6.54 Å². The third kappa shape index (κ3) is 3.49. The van der Waals surface area contributed by atoms with Crippen LogP contribution in [-0.2, 0) is 4.74 Å². The van der Waals surface area contributed by atoms with Crippen molar-refractivity contribution in [3.63, 3.8) is 0 Å². The molecule has 0 amide bonds. The van der Waals surface area contributed by atoms with Crippen LogP contribution in [-0.4, -0.2) is 52.0 Å². The number of hydrogen-bond donors (Lipinski definition) is 1. The molecular formula is C11H19N3O3. The third-order valence-electron chi connectivity index (χ3n) is 2.59. The summed E-state index contributed by atoms with van der Waals surface area (Å²) < 4.78 is 10.6. The Kier molecular flexibility index (Phi) is 3.46. The predicted octanol–water partition coefficient (Wildman–Crippen LogP) is 0.522. The van der Waals surface area contributed by atoms with Crippen molar-refractivity contribution in [3.05, 3.63) is 11.7 Å². The van der Waals surface area contributed by atoms with E-state index < -0.39 is 5.60 Å². The first-order valence-electron chi connectivity index (χ1n) is 5.80. The molecule has 6 heteroatoms. The summed E-state index contributed by atoms with van der Waals surface area (Å²) >= 11 is 0.